The molecule has 0 saturated carbocycles. The van der Waals surface area contributed by atoms with Gasteiger partial charge >= 0.3 is 5.97 Å². The first-order valence-corrected chi connectivity index (χ1v) is 8.97. The molecule has 1 amide bonds. The van der Waals surface area contributed by atoms with Crippen molar-refractivity contribution >= 4 is 33.4 Å². The first-order chi connectivity index (χ1) is 12.4. The molecule has 4 heterocycles. The Morgan fingerprint density at radius 3 is 2.73 bits per heavy atom. The number of nitrogens with zero attached hydrogens (tertiary/aromatic N) is 5. The fourth-order valence-corrected chi connectivity index (χ4v) is 4.61. The van der Waals surface area contributed by atoms with Gasteiger partial charge in [-0.25, -0.2) is 9.78 Å². The number of fused-ring (bicyclic) bond motifs is 2. The number of thiophene rings is 1. The molecule has 1 N–H and O–H groups in total. The minimum Gasteiger partial charge on any atom is -0.480 e. The van der Waals surface area contributed by atoms with E-state index in [-0.39, 0.29) is 19.0 Å². The van der Waals surface area contributed by atoms with E-state index in [1.807, 2.05) is 19.9 Å². The average molecular weight is 371 g/mol. The van der Waals surface area contributed by atoms with Crippen LogP contribution in [0.5, 0.6) is 0 Å². The van der Waals surface area contributed by atoms with Crippen LogP contribution < -0.4 is 0 Å². The number of carbonyl (C=O) groups is 2. The monoisotopic (exact) mass is 371 g/mol. The maximum atomic E-state index is 13.2. The molecule has 0 radical (unpaired) electrons. The molecule has 3 aromatic rings. The number of carboxylic acids is 1. The Balaban J connectivity index is 1.79. The molecule has 0 spiro atoms. The van der Waals surface area contributed by atoms with Gasteiger partial charge in [-0.2, -0.15) is 0 Å². The Hall–Kier alpha value is -2.81. The minimum atomic E-state index is -1.04. The molecule has 4 rings (SSSR count). The fraction of sp³-hybridized carbons (Fsp3) is 0.353. The van der Waals surface area contributed by atoms with Crippen LogP contribution in [0.2, 0.25) is 0 Å². The van der Waals surface area contributed by atoms with E-state index < -0.39 is 12.0 Å². The Bertz CT molecular complexity index is 1050. The van der Waals surface area contributed by atoms with Crippen LogP contribution in [0.25, 0.3) is 10.2 Å². The molecule has 0 aromatic carbocycles. The first kappa shape index (κ1) is 16.6. The van der Waals surface area contributed by atoms with Crippen molar-refractivity contribution in [3.8, 4) is 0 Å². The molecular formula is C17H17N5O3S. The molecule has 9 heteroatoms. The van der Waals surface area contributed by atoms with E-state index in [1.165, 1.54) is 16.2 Å². The summed E-state index contributed by atoms with van der Waals surface area (Å²) in [4.78, 5) is 32.1. The molecule has 0 saturated heterocycles. The van der Waals surface area contributed by atoms with Gasteiger partial charge in [0.1, 0.15) is 16.7 Å². The average Bonchev–Trinajstić information content (AvgIpc) is 3.14. The first-order valence-electron chi connectivity index (χ1n) is 8.15. The number of aromatic nitrogens is 4. The van der Waals surface area contributed by atoms with E-state index in [0.717, 1.165) is 21.3 Å². The van der Waals surface area contributed by atoms with E-state index in [2.05, 4.69) is 15.2 Å². The van der Waals surface area contributed by atoms with Gasteiger partial charge in [0.15, 0.2) is 5.82 Å². The summed E-state index contributed by atoms with van der Waals surface area (Å²) >= 11 is 1.30. The molecular weight excluding hydrogens is 354 g/mol. The lowest BCUT2D eigenvalue weighted by Gasteiger charge is -2.33. The highest BCUT2D eigenvalue weighted by Gasteiger charge is 2.38. The Kier molecular flexibility index (Phi) is 3.76. The van der Waals surface area contributed by atoms with Crippen molar-refractivity contribution < 1.29 is 14.7 Å². The van der Waals surface area contributed by atoms with Crippen molar-refractivity contribution in [2.45, 2.75) is 39.9 Å². The van der Waals surface area contributed by atoms with E-state index in [0.29, 0.717) is 16.5 Å². The standard InChI is InChI=1S/C17H17N5O3S/c1-8-4-5-18-15-13(8)9(2)14(26-15)16(23)22-7-12-20-19-10(3)21(12)6-11(22)17(24)25/h4-5,11H,6-7H2,1-3H3,(H,24,25). The van der Waals surface area contributed by atoms with Gasteiger partial charge in [0.2, 0.25) is 0 Å². The molecule has 0 bridgehead atoms. The van der Waals surface area contributed by atoms with Gasteiger partial charge in [-0.15, -0.1) is 21.5 Å². The highest BCUT2D eigenvalue weighted by molar-refractivity contribution is 7.20. The Morgan fingerprint density at radius 2 is 2.04 bits per heavy atom. The summed E-state index contributed by atoms with van der Waals surface area (Å²) in [6.07, 6.45) is 1.72. The number of amides is 1. The highest BCUT2D eigenvalue weighted by atomic mass is 32.1. The Morgan fingerprint density at radius 1 is 1.27 bits per heavy atom. The molecule has 26 heavy (non-hydrogen) atoms. The van der Waals surface area contributed by atoms with E-state index in [4.69, 9.17) is 0 Å². The zero-order chi connectivity index (χ0) is 18.6. The summed E-state index contributed by atoms with van der Waals surface area (Å²) in [5, 5.41) is 18.7. The van der Waals surface area contributed by atoms with Crippen LogP contribution in [0.1, 0.15) is 32.4 Å². The van der Waals surface area contributed by atoms with Gasteiger partial charge in [-0.3, -0.25) is 4.79 Å². The lowest BCUT2D eigenvalue weighted by atomic mass is 10.1. The molecule has 8 nitrogen and oxygen atoms in total. The largest absolute Gasteiger partial charge is 0.480 e. The minimum absolute atomic E-state index is 0.122. The van der Waals surface area contributed by atoms with Crippen LogP contribution in [-0.2, 0) is 17.9 Å². The number of aliphatic carboxylic acids is 1. The number of pyridine rings is 1. The van der Waals surface area contributed by atoms with E-state index >= 15 is 0 Å². The molecule has 134 valence electrons. The van der Waals surface area contributed by atoms with Crippen molar-refractivity contribution in [1.82, 2.24) is 24.6 Å². The van der Waals surface area contributed by atoms with Gasteiger partial charge in [0.25, 0.3) is 5.91 Å². The summed E-state index contributed by atoms with van der Waals surface area (Å²) in [7, 11) is 0. The third-order valence-electron chi connectivity index (χ3n) is 4.83. The third-order valence-corrected chi connectivity index (χ3v) is 6.02. The third kappa shape index (κ3) is 2.38. The lowest BCUT2D eigenvalue weighted by molar-refractivity contribution is -0.143. The number of aryl methyl sites for hydroxylation is 3. The van der Waals surface area contributed by atoms with Crippen molar-refractivity contribution in [1.29, 1.82) is 0 Å². The van der Waals surface area contributed by atoms with E-state index in [1.54, 1.807) is 17.7 Å². The van der Waals surface area contributed by atoms with Crippen molar-refractivity contribution in [2.75, 3.05) is 0 Å². The van der Waals surface area contributed by atoms with Gasteiger partial charge in [0, 0.05) is 11.6 Å². The molecule has 3 aromatic heterocycles. The topological polar surface area (TPSA) is 101 Å². The molecule has 1 aliphatic rings. The number of carboxylic acid groups (broad SMARTS) is 1. The predicted molar refractivity (Wildman–Crippen MR) is 95.2 cm³/mol. The summed E-state index contributed by atoms with van der Waals surface area (Å²) in [5.74, 6) is -0.0907. The summed E-state index contributed by atoms with van der Waals surface area (Å²) < 4.78 is 1.76. The van der Waals surface area contributed by atoms with Crippen LogP contribution in [0, 0.1) is 20.8 Å². The lowest BCUT2D eigenvalue weighted by Crippen LogP contribution is -2.50. The number of carbonyl (C=O) groups excluding carboxylic acids is 1. The molecule has 0 fully saturated rings. The number of rotatable bonds is 2. The summed E-state index contributed by atoms with van der Waals surface area (Å²) in [6, 6.07) is 0.950. The molecule has 1 atom stereocenters. The van der Waals surface area contributed by atoms with Gasteiger partial charge in [-0.1, -0.05) is 0 Å². The second-order valence-electron chi connectivity index (χ2n) is 6.43. The van der Waals surface area contributed by atoms with Gasteiger partial charge in [-0.05, 0) is 38.0 Å². The highest BCUT2D eigenvalue weighted by Crippen LogP contribution is 2.33. The second kappa shape index (κ2) is 5.87. The van der Waals surface area contributed by atoms with Crippen LogP contribution in [0.15, 0.2) is 12.3 Å². The summed E-state index contributed by atoms with van der Waals surface area (Å²) in [6.45, 7) is 5.90. The normalized spacial score (nSPS) is 16.7. The maximum Gasteiger partial charge on any atom is 0.328 e. The van der Waals surface area contributed by atoms with Crippen LogP contribution >= 0.6 is 11.3 Å². The predicted octanol–water partition coefficient (Wildman–Crippen LogP) is 1.92. The van der Waals surface area contributed by atoms with Crippen LogP contribution in [0.3, 0.4) is 0 Å². The smallest absolute Gasteiger partial charge is 0.328 e. The van der Waals surface area contributed by atoms with Crippen molar-refractivity contribution in [3.63, 3.8) is 0 Å². The van der Waals surface area contributed by atoms with Crippen molar-refractivity contribution in [3.05, 3.63) is 39.9 Å². The zero-order valence-electron chi connectivity index (χ0n) is 14.6. The fourth-order valence-electron chi connectivity index (χ4n) is 3.43. The molecule has 1 unspecified atom stereocenters. The maximum absolute atomic E-state index is 13.2. The number of hydrogen-bond donors (Lipinski definition) is 1. The van der Waals surface area contributed by atoms with Gasteiger partial charge in [0.05, 0.1) is 18.0 Å². The van der Waals surface area contributed by atoms with E-state index in [9.17, 15) is 14.7 Å². The quantitative estimate of drug-likeness (QED) is 0.738. The SMILES string of the molecule is Cc1ccnc2sc(C(=O)N3Cc4nnc(C)n4CC3C(=O)O)c(C)c12. The molecule has 1 aliphatic heterocycles. The summed E-state index contributed by atoms with van der Waals surface area (Å²) in [5.41, 5.74) is 1.89. The molecule has 0 aliphatic carbocycles. The Labute approximate surface area is 153 Å². The second-order valence-corrected chi connectivity index (χ2v) is 7.42. The number of hydrogen-bond acceptors (Lipinski definition) is 6. The van der Waals surface area contributed by atoms with Crippen molar-refractivity contribution in [2.24, 2.45) is 0 Å². The van der Waals surface area contributed by atoms with Gasteiger partial charge < -0.3 is 14.6 Å². The van der Waals surface area contributed by atoms with Crippen LogP contribution in [-0.4, -0.2) is 47.7 Å². The van der Waals surface area contributed by atoms with Crippen LogP contribution in [0.4, 0.5) is 0 Å². The zero-order valence-corrected chi connectivity index (χ0v) is 15.4.